The number of hydrogen-bond acceptors (Lipinski definition) is 2. The van der Waals surface area contributed by atoms with Crippen molar-refractivity contribution in [1.29, 1.82) is 0 Å². The molecule has 0 fully saturated rings. The smallest absolute Gasteiger partial charge is 0.209 e. The first-order chi connectivity index (χ1) is 4.96. The molecule has 3 nitrogen and oxygen atoms in total. The van der Waals surface area contributed by atoms with Gasteiger partial charge >= 0.3 is 0 Å². The van der Waals surface area contributed by atoms with Gasteiger partial charge in [0.15, 0.2) is 0 Å². The van der Waals surface area contributed by atoms with Crippen LogP contribution in [0.1, 0.15) is 20.8 Å². The van der Waals surface area contributed by atoms with Gasteiger partial charge in [-0.1, -0.05) is 0 Å². The van der Waals surface area contributed by atoms with E-state index < -0.39 is 0 Å². The van der Waals surface area contributed by atoms with Gasteiger partial charge < -0.3 is 10.2 Å². The molecule has 0 aliphatic carbocycles. The lowest BCUT2D eigenvalue weighted by atomic mass is 9.95. The van der Waals surface area contributed by atoms with E-state index in [-0.39, 0.29) is 11.6 Å². The van der Waals surface area contributed by atoms with E-state index in [0.29, 0.717) is 0 Å². The van der Waals surface area contributed by atoms with Crippen molar-refractivity contribution >= 4 is 6.41 Å². The topological polar surface area (TPSA) is 32.3 Å². The number of likely N-dealkylation sites (N-methyl/N-ethyl adjacent to an activating group) is 2. The van der Waals surface area contributed by atoms with Gasteiger partial charge in [-0.2, -0.15) is 0 Å². The Morgan fingerprint density at radius 2 is 2.00 bits per heavy atom. The number of nitrogens with zero attached hydrogens (tertiary/aromatic N) is 1. The van der Waals surface area contributed by atoms with Gasteiger partial charge in [0, 0.05) is 13.1 Å². The fourth-order valence-corrected chi connectivity index (χ4v) is 0.795. The second kappa shape index (κ2) is 3.72. The first-order valence-electron chi connectivity index (χ1n) is 3.82. The zero-order valence-corrected chi connectivity index (χ0v) is 8.01. The Hall–Kier alpha value is -0.570. The normalized spacial score (nSPS) is 14.3. The molecular formula is C8H18N2O. The van der Waals surface area contributed by atoms with Crippen LogP contribution in [0.2, 0.25) is 0 Å². The maximum absolute atomic E-state index is 10.5. The van der Waals surface area contributed by atoms with E-state index in [1.807, 2.05) is 20.9 Å². The minimum atomic E-state index is -0.128. The molecule has 0 aliphatic heterocycles. The lowest BCUT2D eigenvalue weighted by Gasteiger charge is -2.38. The average molecular weight is 158 g/mol. The van der Waals surface area contributed by atoms with Crippen LogP contribution in [0.25, 0.3) is 0 Å². The van der Waals surface area contributed by atoms with Gasteiger partial charge in [-0.05, 0) is 27.8 Å². The molecule has 0 aromatic heterocycles. The molecule has 1 N–H and O–H groups in total. The monoisotopic (exact) mass is 158 g/mol. The van der Waals surface area contributed by atoms with Crippen molar-refractivity contribution < 1.29 is 4.79 Å². The number of hydrogen-bond donors (Lipinski definition) is 1. The molecule has 1 unspecified atom stereocenters. The molecule has 0 spiro atoms. The Morgan fingerprint density at radius 3 is 2.27 bits per heavy atom. The average Bonchev–Trinajstić information content (AvgIpc) is 2.01. The Balaban J connectivity index is 4.29. The number of nitrogens with one attached hydrogen (secondary N) is 1. The van der Waals surface area contributed by atoms with Crippen molar-refractivity contribution in [1.82, 2.24) is 10.2 Å². The molecule has 0 aromatic carbocycles. The highest BCUT2D eigenvalue weighted by Gasteiger charge is 2.28. The highest BCUT2D eigenvalue weighted by Crippen LogP contribution is 2.14. The van der Waals surface area contributed by atoms with Crippen molar-refractivity contribution in [2.75, 3.05) is 14.1 Å². The van der Waals surface area contributed by atoms with E-state index in [1.165, 1.54) is 0 Å². The third-order valence-electron chi connectivity index (χ3n) is 2.56. The van der Waals surface area contributed by atoms with Crippen molar-refractivity contribution in [2.45, 2.75) is 32.4 Å². The Bertz CT molecular complexity index is 134. The molecule has 0 aromatic rings. The molecule has 0 saturated heterocycles. The Kier molecular flexibility index (Phi) is 3.52. The van der Waals surface area contributed by atoms with Crippen LogP contribution in [0.15, 0.2) is 0 Å². The predicted molar refractivity (Wildman–Crippen MR) is 46.4 cm³/mol. The van der Waals surface area contributed by atoms with Crippen molar-refractivity contribution in [3.05, 3.63) is 0 Å². The van der Waals surface area contributed by atoms with Gasteiger partial charge in [0.05, 0.1) is 5.54 Å². The third kappa shape index (κ3) is 2.19. The van der Waals surface area contributed by atoms with Gasteiger partial charge in [0.25, 0.3) is 0 Å². The summed E-state index contributed by atoms with van der Waals surface area (Å²) >= 11 is 0. The van der Waals surface area contributed by atoms with Crippen molar-refractivity contribution in [3.63, 3.8) is 0 Å². The van der Waals surface area contributed by atoms with Crippen LogP contribution in [-0.2, 0) is 4.79 Å². The summed E-state index contributed by atoms with van der Waals surface area (Å²) in [4.78, 5) is 12.1. The predicted octanol–water partition coefficient (Wildman–Crippen LogP) is 0.461. The van der Waals surface area contributed by atoms with E-state index in [9.17, 15) is 4.79 Å². The van der Waals surface area contributed by atoms with Gasteiger partial charge in [0.2, 0.25) is 6.41 Å². The van der Waals surface area contributed by atoms with E-state index in [0.717, 1.165) is 6.41 Å². The standard InChI is InChI=1S/C8H18N2O/c1-7(9-4)8(2,3)10(5)6-11/h6-7,9H,1-5H3. The van der Waals surface area contributed by atoms with E-state index in [1.54, 1.807) is 11.9 Å². The van der Waals surface area contributed by atoms with E-state index >= 15 is 0 Å². The summed E-state index contributed by atoms with van der Waals surface area (Å²) in [6.07, 6.45) is 0.855. The van der Waals surface area contributed by atoms with Crippen LogP contribution in [-0.4, -0.2) is 37.0 Å². The molecule has 1 amide bonds. The van der Waals surface area contributed by atoms with Crippen molar-refractivity contribution in [2.24, 2.45) is 0 Å². The minimum Gasteiger partial charge on any atom is -0.342 e. The lowest BCUT2D eigenvalue weighted by Crippen LogP contribution is -2.53. The summed E-state index contributed by atoms with van der Waals surface area (Å²) in [5.74, 6) is 0. The highest BCUT2D eigenvalue weighted by molar-refractivity contribution is 5.48. The summed E-state index contributed by atoms with van der Waals surface area (Å²) in [7, 11) is 3.69. The summed E-state index contributed by atoms with van der Waals surface area (Å²) in [5, 5.41) is 3.12. The molecule has 0 radical (unpaired) electrons. The molecule has 0 heterocycles. The summed E-state index contributed by atoms with van der Waals surface area (Å²) in [6.45, 7) is 6.12. The quantitative estimate of drug-likeness (QED) is 0.603. The van der Waals surface area contributed by atoms with Gasteiger partial charge in [0.1, 0.15) is 0 Å². The number of carbonyl (C=O) groups is 1. The van der Waals surface area contributed by atoms with Crippen LogP contribution in [0.4, 0.5) is 0 Å². The molecule has 66 valence electrons. The van der Waals surface area contributed by atoms with Crippen molar-refractivity contribution in [3.8, 4) is 0 Å². The second-order valence-corrected chi connectivity index (χ2v) is 3.38. The summed E-state index contributed by atoms with van der Waals surface area (Å²) in [5.41, 5.74) is -0.128. The van der Waals surface area contributed by atoms with Gasteiger partial charge in [-0.25, -0.2) is 0 Å². The third-order valence-corrected chi connectivity index (χ3v) is 2.56. The van der Waals surface area contributed by atoms with E-state index in [2.05, 4.69) is 12.2 Å². The molecule has 3 heteroatoms. The molecule has 1 atom stereocenters. The molecule has 11 heavy (non-hydrogen) atoms. The van der Waals surface area contributed by atoms with E-state index in [4.69, 9.17) is 0 Å². The zero-order chi connectivity index (χ0) is 9.07. The highest BCUT2D eigenvalue weighted by atomic mass is 16.1. The first-order valence-corrected chi connectivity index (χ1v) is 3.82. The number of rotatable bonds is 4. The summed E-state index contributed by atoms with van der Waals surface area (Å²) in [6, 6.07) is 0.290. The molecule has 0 bridgehead atoms. The Labute approximate surface area is 68.8 Å². The van der Waals surface area contributed by atoms with Crippen LogP contribution in [0, 0.1) is 0 Å². The molecular weight excluding hydrogens is 140 g/mol. The lowest BCUT2D eigenvalue weighted by molar-refractivity contribution is -0.121. The number of amides is 1. The maximum Gasteiger partial charge on any atom is 0.209 e. The van der Waals surface area contributed by atoms with Crippen LogP contribution in [0.5, 0.6) is 0 Å². The summed E-state index contributed by atoms with van der Waals surface area (Å²) < 4.78 is 0. The minimum absolute atomic E-state index is 0.128. The first kappa shape index (κ1) is 10.4. The Morgan fingerprint density at radius 1 is 1.55 bits per heavy atom. The second-order valence-electron chi connectivity index (χ2n) is 3.38. The van der Waals surface area contributed by atoms with Crippen LogP contribution < -0.4 is 5.32 Å². The largest absolute Gasteiger partial charge is 0.342 e. The van der Waals surface area contributed by atoms with Gasteiger partial charge in [-0.15, -0.1) is 0 Å². The van der Waals surface area contributed by atoms with Crippen LogP contribution in [0.3, 0.4) is 0 Å². The van der Waals surface area contributed by atoms with Gasteiger partial charge in [-0.3, -0.25) is 4.79 Å². The fourth-order valence-electron chi connectivity index (χ4n) is 0.795. The number of carbonyl (C=O) groups excluding carboxylic acids is 1. The molecule has 0 rings (SSSR count). The molecule has 0 saturated carbocycles. The molecule has 0 aliphatic rings. The van der Waals surface area contributed by atoms with Crippen LogP contribution >= 0.6 is 0 Å². The zero-order valence-electron chi connectivity index (χ0n) is 8.01. The maximum atomic E-state index is 10.5. The SMILES string of the molecule is CNC(C)C(C)(C)N(C)C=O. The fraction of sp³-hybridized carbons (Fsp3) is 0.875.